The SMILES string of the molecule is COC1CCC(n2cc(C(=O)O)c(=O)c3cccnc32)CC1. The number of nitrogens with zero attached hydrogens (tertiary/aromatic N) is 2. The molecule has 1 aliphatic rings. The number of aromatic carboxylic acids is 1. The Morgan fingerprint density at radius 3 is 2.73 bits per heavy atom. The molecule has 0 spiro atoms. The Labute approximate surface area is 127 Å². The van der Waals surface area contributed by atoms with Gasteiger partial charge in [0.25, 0.3) is 0 Å². The molecule has 3 rings (SSSR count). The fourth-order valence-corrected chi connectivity index (χ4v) is 3.17. The van der Waals surface area contributed by atoms with Crippen molar-refractivity contribution in [2.45, 2.75) is 37.8 Å². The highest BCUT2D eigenvalue weighted by Crippen LogP contribution is 2.31. The second kappa shape index (κ2) is 5.88. The minimum Gasteiger partial charge on any atom is -0.477 e. The van der Waals surface area contributed by atoms with E-state index >= 15 is 0 Å². The predicted molar refractivity (Wildman–Crippen MR) is 81.3 cm³/mol. The van der Waals surface area contributed by atoms with Crippen LogP contribution in [0.3, 0.4) is 0 Å². The molecule has 0 aliphatic heterocycles. The molecule has 6 nitrogen and oxygen atoms in total. The van der Waals surface area contributed by atoms with Gasteiger partial charge in [-0.3, -0.25) is 4.79 Å². The third-order valence-electron chi connectivity index (χ3n) is 4.39. The molecule has 2 aromatic rings. The largest absolute Gasteiger partial charge is 0.477 e. The van der Waals surface area contributed by atoms with Crippen molar-refractivity contribution in [3.05, 3.63) is 40.3 Å². The Morgan fingerprint density at radius 2 is 2.09 bits per heavy atom. The van der Waals surface area contributed by atoms with Crippen LogP contribution in [-0.4, -0.2) is 33.8 Å². The Balaban J connectivity index is 2.11. The maximum Gasteiger partial charge on any atom is 0.341 e. The van der Waals surface area contributed by atoms with E-state index in [-0.39, 0.29) is 17.7 Å². The lowest BCUT2D eigenvalue weighted by Gasteiger charge is -2.30. The molecule has 0 radical (unpaired) electrons. The van der Waals surface area contributed by atoms with Crippen molar-refractivity contribution in [3.8, 4) is 0 Å². The number of carboxylic acid groups (broad SMARTS) is 1. The standard InChI is InChI=1S/C16H18N2O4/c1-22-11-6-4-10(5-7-11)18-9-13(16(20)21)14(19)12-3-2-8-17-15(12)18/h2-3,8-11H,4-7H2,1H3,(H,20,21). The number of ether oxygens (including phenoxy) is 1. The van der Waals surface area contributed by atoms with E-state index in [1.807, 2.05) is 4.57 Å². The summed E-state index contributed by atoms with van der Waals surface area (Å²) in [5.41, 5.74) is -0.120. The highest BCUT2D eigenvalue weighted by molar-refractivity contribution is 5.91. The molecule has 116 valence electrons. The normalized spacial score (nSPS) is 21.9. The van der Waals surface area contributed by atoms with Crippen molar-refractivity contribution in [2.24, 2.45) is 0 Å². The van der Waals surface area contributed by atoms with E-state index in [9.17, 15) is 14.7 Å². The quantitative estimate of drug-likeness (QED) is 0.940. The highest BCUT2D eigenvalue weighted by Gasteiger charge is 2.25. The van der Waals surface area contributed by atoms with Gasteiger partial charge in [-0.1, -0.05) is 0 Å². The fourth-order valence-electron chi connectivity index (χ4n) is 3.17. The van der Waals surface area contributed by atoms with Gasteiger partial charge in [-0.15, -0.1) is 0 Å². The van der Waals surface area contributed by atoms with E-state index in [1.165, 1.54) is 6.20 Å². The second-order valence-electron chi connectivity index (χ2n) is 5.63. The average Bonchev–Trinajstić information content (AvgIpc) is 2.55. The number of aromatic nitrogens is 2. The van der Waals surface area contributed by atoms with E-state index < -0.39 is 11.4 Å². The number of methoxy groups -OCH3 is 1. The number of hydrogen-bond acceptors (Lipinski definition) is 4. The van der Waals surface area contributed by atoms with Crippen LogP contribution in [0.5, 0.6) is 0 Å². The zero-order valence-electron chi connectivity index (χ0n) is 12.4. The maximum atomic E-state index is 12.2. The summed E-state index contributed by atoms with van der Waals surface area (Å²) in [6.45, 7) is 0. The van der Waals surface area contributed by atoms with Crippen LogP contribution in [0.25, 0.3) is 11.0 Å². The van der Waals surface area contributed by atoms with E-state index in [4.69, 9.17) is 4.74 Å². The number of hydrogen-bond donors (Lipinski definition) is 1. The summed E-state index contributed by atoms with van der Waals surface area (Å²) in [4.78, 5) is 27.9. The van der Waals surface area contributed by atoms with Gasteiger partial charge in [0.2, 0.25) is 5.43 Å². The van der Waals surface area contributed by atoms with Gasteiger partial charge in [-0.05, 0) is 37.8 Å². The van der Waals surface area contributed by atoms with E-state index in [1.54, 1.807) is 25.4 Å². The minimum absolute atomic E-state index is 0.141. The van der Waals surface area contributed by atoms with Crippen LogP contribution < -0.4 is 5.43 Å². The van der Waals surface area contributed by atoms with Gasteiger partial charge >= 0.3 is 5.97 Å². The Morgan fingerprint density at radius 1 is 1.36 bits per heavy atom. The molecule has 2 aromatic heterocycles. The van der Waals surface area contributed by atoms with Crippen molar-refractivity contribution < 1.29 is 14.6 Å². The van der Waals surface area contributed by atoms with Crippen LogP contribution >= 0.6 is 0 Å². The van der Waals surface area contributed by atoms with Crippen LogP contribution in [0.1, 0.15) is 42.1 Å². The van der Waals surface area contributed by atoms with Gasteiger partial charge in [0.15, 0.2) is 0 Å². The lowest BCUT2D eigenvalue weighted by molar-refractivity contribution is 0.0585. The number of carbonyl (C=O) groups is 1. The summed E-state index contributed by atoms with van der Waals surface area (Å²) >= 11 is 0. The maximum absolute atomic E-state index is 12.2. The molecular formula is C16H18N2O4. The molecule has 1 fully saturated rings. The summed E-state index contributed by atoms with van der Waals surface area (Å²) < 4.78 is 7.23. The first-order valence-corrected chi connectivity index (χ1v) is 7.37. The first kappa shape index (κ1) is 14.7. The lowest BCUT2D eigenvalue weighted by atomic mass is 9.92. The van der Waals surface area contributed by atoms with Crippen LogP contribution in [-0.2, 0) is 4.74 Å². The average molecular weight is 302 g/mol. The van der Waals surface area contributed by atoms with Crippen molar-refractivity contribution >= 4 is 17.0 Å². The Bertz CT molecular complexity index is 760. The van der Waals surface area contributed by atoms with Gasteiger partial charge in [0, 0.05) is 25.5 Å². The summed E-state index contributed by atoms with van der Waals surface area (Å²) in [6, 6.07) is 3.43. The van der Waals surface area contributed by atoms with Crippen LogP contribution in [0.2, 0.25) is 0 Å². The van der Waals surface area contributed by atoms with Crippen LogP contribution in [0, 0.1) is 0 Å². The molecule has 1 aliphatic carbocycles. The molecule has 1 N–H and O–H groups in total. The van der Waals surface area contributed by atoms with E-state index in [0.29, 0.717) is 11.0 Å². The van der Waals surface area contributed by atoms with Crippen molar-refractivity contribution in [1.82, 2.24) is 9.55 Å². The van der Waals surface area contributed by atoms with Gasteiger partial charge in [0.1, 0.15) is 11.2 Å². The summed E-state index contributed by atoms with van der Waals surface area (Å²) in [5.74, 6) is -1.20. The molecule has 0 amide bonds. The highest BCUT2D eigenvalue weighted by atomic mass is 16.5. The van der Waals surface area contributed by atoms with Crippen molar-refractivity contribution in [2.75, 3.05) is 7.11 Å². The molecular weight excluding hydrogens is 284 g/mol. The zero-order chi connectivity index (χ0) is 15.7. The van der Waals surface area contributed by atoms with Gasteiger partial charge < -0.3 is 14.4 Å². The van der Waals surface area contributed by atoms with Gasteiger partial charge in [0.05, 0.1) is 11.5 Å². The Kier molecular flexibility index (Phi) is 3.94. The fraction of sp³-hybridized carbons (Fsp3) is 0.438. The smallest absolute Gasteiger partial charge is 0.341 e. The lowest BCUT2D eigenvalue weighted by Crippen LogP contribution is -2.26. The molecule has 0 atom stereocenters. The molecule has 6 heteroatoms. The zero-order valence-corrected chi connectivity index (χ0v) is 12.4. The molecule has 0 aromatic carbocycles. The molecule has 1 saturated carbocycles. The molecule has 22 heavy (non-hydrogen) atoms. The number of fused-ring (bicyclic) bond motifs is 1. The van der Waals surface area contributed by atoms with E-state index in [0.717, 1.165) is 25.7 Å². The van der Waals surface area contributed by atoms with Crippen LogP contribution in [0.4, 0.5) is 0 Å². The Hall–Kier alpha value is -2.21. The van der Waals surface area contributed by atoms with Crippen molar-refractivity contribution in [1.29, 1.82) is 0 Å². The molecule has 0 saturated heterocycles. The number of pyridine rings is 2. The second-order valence-corrected chi connectivity index (χ2v) is 5.63. The van der Waals surface area contributed by atoms with Gasteiger partial charge in [-0.25, -0.2) is 9.78 Å². The summed E-state index contributed by atoms with van der Waals surface area (Å²) in [6.07, 6.45) is 6.93. The predicted octanol–water partition coefficient (Wildman–Crippen LogP) is 2.22. The summed E-state index contributed by atoms with van der Waals surface area (Å²) in [5, 5.41) is 9.63. The first-order valence-electron chi connectivity index (χ1n) is 7.37. The van der Waals surface area contributed by atoms with Gasteiger partial charge in [-0.2, -0.15) is 0 Å². The minimum atomic E-state index is -1.20. The third kappa shape index (κ3) is 2.50. The number of carboxylic acids is 1. The monoisotopic (exact) mass is 302 g/mol. The summed E-state index contributed by atoms with van der Waals surface area (Å²) in [7, 11) is 1.71. The topological polar surface area (TPSA) is 81.4 Å². The van der Waals surface area contributed by atoms with E-state index in [2.05, 4.69) is 4.98 Å². The third-order valence-corrected chi connectivity index (χ3v) is 4.39. The van der Waals surface area contributed by atoms with Crippen LogP contribution in [0.15, 0.2) is 29.3 Å². The first-order chi connectivity index (χ1) is 10.6. The molecule has 0 bridgehead atoms. The number of rotatable bonds is 3. The van der Waals surface area contributed by atoms with Crippen molar-refractivity contribution in [3.63, 3.8) is 0 Å². The molecule has 2 heterocycles. The molecule has 0 unspecified atom stereocenters.